The number of nitrogens with one attached hydrogen (secondary N) is 1. The third-order valence-electron chi connectivity index (χ3n) is 2.80. The van der Waals surface area contributed by atoms with Gasteiger partial charge in [-0.2, -0.15) is 0 Å². The van der Waals surface area contributed by atoms with Crippen molar-refractivity contribution in [3.8, 4) is 0 Å². The largest absolute Gasteiger partial charge is 0.397 e. The lowest BCUT2D eigenvalue weighted by molar-refractivity contribution is 0.0329. The van der Waals surface area contributed by atoms with Crippen LogP contribution in [0.25, 0.3) is 0 Å². The van der Waals surface area contributed by atoms with Gasteiger partial charge in [0, 0.05) is 13.2 Å². The second-order valence-corrected chi connectivity index (χ2v) is 3.90. The summed E-state index contributed by atoms with van der Waals surface area (Å²) in [5, 5.41) is 3.21. The SMILES string of the molecule is CO[C@H]1C[C@@H](Nc2cc(F)ccc2N)C1. The molecule has 0 aliphatic heterocycles. The summed E-state index contributed by atoms with van der Waals surface area (Å²) < 4.78 is 18.1. The minimum absolute atomic E-state index is 0.269. The van der Waals surface area contributed by atoms with Gasteiger partial charge in [-0.15, -0.1) is 0 Å². The third-order valence-corrected chi connectivity index (χ3v) is 2.80. The summed E-state index contributed by atoms with van der Waals surface area (Å²) in [5.41, 5.74) is 6.98. The van der Waals surface area contributed by atoms with E-state index < -0.39 is 0 Å². The number of methoxy groups -OCH3 is 1. The van der Waals surface area contributed by atoms with Crippen molar-refractivity contribution in [2.24, 2.45) is 0 Å². The van der Waals surface area contributed by atoms with Crippen LogP contribution in [0, 0.1) is 5.82 Å². The summed E-state index contributed by atoms with van der Waals surface area (Å²) in [5.74, 6) is -0.269. The fourth-order valence-corrected chi connectivity index (χ4v) is 1.75. The highest BCUT2D eigenvalue weighted by molar-refractivity contribution is 5.66. The minimum Gasteiger partial charge on any atom is -0.397 e. The molecule has 0 radical (unpaired) electrons. The first kappa shape index (κ1) is 10.2. The second-order valence-electron chi connectivity index (χ2n) is 3.90. The average molecular weight is 210 g/mol. The van der Waals surface area contributed by atoms with Gasteiger partial charge in [0.1, 0.15) is 5.82 Å². The molecular formula is C11H15FN2O. The molecule has 3 N–H and O–H groups in total. The zero-order valence-electron chi connectivity index (χ0n) is 8.66. The minimum atomic E-state index is -0.269. The van der Waals surface area contributed by atoms with E-state index in [9.17, 15) is 4.39 Å². The Kier molecular flexibility index (Phi) is 2.77. The molecule has 1 aliphatic rings. The number of hydrogen-bond acceptors (Lipinski definition) is 3. The Morgan fingerprint density at radius 3 is 2.87 bits per heavy atom. The summed E-state index contributed by atoms with van der Waals surface area (Å²) in [7, 11) is 1.71. The summed E-state index contributed by atoms with van der Waals surface area (Å²) in [6.45, 7) is 0. The van der Waals surface area contributed by atoms with Gasteiger partial charge in [0.2, 0.25) is 0 Å². The number of hydrogen-bond donors (Lipinski definition) is 2. The highest BCUT2D eigenvalue weighted by Gasteiger charge is 2.29. The summed E-state index contributed by atoms with van der Waals surface area (Å²) >= 11 is 0. The van der Waals surface area contributed by atoms with Crippen molar-refractivity contribution < 1.29 is 9.13 Å². The summed E-state index contributed by atoms with van der Waals surface area (Å²) in [6, 6.07) is 4.71. The lowest BCUT2D eigenvalue weighted by Gasteiger charge is -2.35. The van der Waals surface area contributed by atoms with Gasteiger partial charge >= 0.3 is 0 Å². The van der Waals surface area contributed by atoms with Crippen LogP contribution in [-0.2, 0) is 4.74 Å². The van der Waals surface area contributed by atoms with E-state index in [0.29, 0.717) is 23.5 Å². The van der Waals surface area contributed by atoms with Gasteiger partial charge in [-0.05, 0) is 31.0 Å². The second kappa shape index (κ2) is 4.06. The first-order chi connectivity index (χ1) is 7.19. The van der Waals surface area contributed by atoms with Gasteiger partial charge < -0.3 is 15.8 Å². The molecule has 1 aromatic carbocycles. The van der Waals surface area contributed by atoms with Gasteiger partial charge in [-0.3, -0.25) is 0 Å². The fourth-order valence-electron chi connectivity index (χ4n) is 1.75. The molecule has 15 heavy (non-hydrogen) atoms. The van der Waals surface area contributed by atoms with Crippen molar-refractivity contribution in [2.45, 2.75) is 25.0 Å². The van der Waals surface area contributed by atoms with Gasteiger partial charge in [-0.1, -0.05) is 0 Å². The van der Waals surface area contributed by atoms with Crippen LogP contribution in [0.3, 0.4) is 0 Å². The average Bonchev–Trinajstić information content (AvgIpc) is 2.16. The van der Waals surface area contributed by atoms with E-state index in [1.165, 1.54) is 12.1 Å². The molecule has 1 saturated carbocycles. The van der Waals surface area contributed by atoms with E-state index in [4.69, 9.17) is 10.5 Å². The quantitative estimate of drug-likeness (QED) is 0.750. The van der Waals surface area contributed by atoms with Crippen LogP contribution in [-0.4, -0.2) is 19.3 Å². The van der Waals surface area contributed by atoms with Crippen molar-refractivity contribution in [2.75, 3.05) is 18.2 Å². The number of halogens is 1. The van der Waals surface area contributed by atoms with E-state index in [2.05, 4.69) is 5.32 Å². The van der Waals surface area contributed by atoms with E-state index in [0.717, 1.165) is 12.8 Å². The van der Waals surface area contributed by atoms with Crippen molar-refractivity contribution in [3.05, 3.63) is 24.0 Å². The van der Waals surface area contributed by atoms with Crippen LogP contribution in [0.15, 0.2) is 18.2 Å². The van der Waals surface area contributed by atoms with E-state index in [-0.39, 0.29) is 5.82 Å². The lowest BCUT2D eigenvalue weighted by Crippen LogP contribution is -2.40. The molecule has 1 fully saturated rings. The first-order valence-corrected chi connectivity index (χ1v) is 5.03. The van der Waals surface area contributed by atoms with Gasteiger partial charge in [0.05, 0.1) is 17.5 Å². The number of nitrogens with two attached hydrogens (primary N) is 1. The predicted octanol–water partition coefficient (Wildman–Crippen LogP) is 2.00. The molecule has 4 heteroatoms. The van der Waals surface area contributed by atoms with Gasteiger partial charge in [-0.25, -0.2) is 4.39 Å². The molecule has 3 nitrogen and oxygen atoms in total. The predicted molar refractivity (Wildman–Crippen MR) is 58.3 cm³/mol. The molecule has 0 bridgehead atoms. The number of nitrogen functional groups attached to an aromatic ring is 1. The zero-order valence-corrected chi connectivity index (χ0v) is 8.66. The molecule has 0 saturated heterocycles. The Morgan fingerprint density at radius 2 is 2.20 bits per heavy atom. The van der Waals surface area contributed by atoms with Crippen LogP contribution in [0.2, 0.25) is 0 Å². The van der Waals surface area contributed by atoms with E-state index in [1.807, 2.05) is 0 Å². The first-order valence-electron chi connectivity index (χ1n) is 5.03. The Morgan fingerprint density at radius 1 is 1.47 bits per heavy atom. The van der Waals surface area contributed by atoms with Crippen molar-refractivity contribution >= 4 is 11.4 Å². The molecule has 0 heterocycles. The molecule has 0 atom stereocenters. The van der Waals surface area contributed by atoms with Crippen molar-refractivity contribution in [1.29, 1.82) is 0 Å². The zero-order chi connectivity index (χ0) is 10.8. The topological polar surface area (TPSA) is 47.3 Å². The molecular weight excluding hydrogens is 195 g/mol. The number of benzene rings is 1. The van der Waals surface area contributed by atoms with Crippen LogP contribution in [0.4, 0.5) is 15.8 Å². The lowest BCUT2D eigenvalue weighted by atomic mass is 9.89. The number of rotatable bonds is 3. The Hall–Kier alpha value is -1.29. The van der Waals surface area contributed by atoms with Crippen LogP contribution in [0.1, 0.15) is 12.8 Å². The molecule has 1 aromatic rings. The molecule has 2 rings (SSSR count). The Bertz CT molecular complexity index is 350. The van der Waals surface area contributed by atoms with Crippen LogP contribution >= 0.6 is 0 Å². The fraction of sp³-hybridized carbons (Fsp3) is 0.455. The molecule has 0 amide bonds. The number of ether oxygens (including phenoxy) is 1. The van der Waals surface area contributed by atoms with Crippen molar-refractivity contribution in [3.63, 3.8) is 0 Å². The highest BCUT2D eigenvalue weighted by atomic mass is 19.1. The summed E-state index contributed by atoms with van der Waals surface area (Å²) in [6.07, 6.45) is 2.23. The molecule has 0 aromatic heterocycles. The number of anilines is 2. The maximum atomic E-state index is 12.9. The van der Waals surface area contributed by atoms with Crippen LogP contribution in [0.5, 0.6) is 0 Å². The molecule has 1 aliphatic carbocycles. The summed E-state index contributed by atoms with van der Waals surface area (Å²) in [4.78, 5) is 0. The van der Waals surface area contributed by atoms with Gasteiger partial charge in [0.25, 0.3) is 0 Å². The maximum Gasteiger partial charge on any atom is 0.125 e. The Balaban J connectivity index is 1.97. The van der Waals surface area contributed by atoms with Crippen molar-refractivity contribution in [1.82, 2.24) is 0 Å². The standard InChI is InChI=1S/C11H15FN2O/c1-15-9-5-8(6-9)14-11-4-7(12)2-3-10(11)13/h2-4,8-9,14H,5-6,13H2,1H3/t8-,9+. The maximum absolute atomic E-state index is 12.9. The molecule has 82 valence electrons. The highest BCUT2D eigenvalue weighted by Crippen LogP contribution is 2.28. The van der Waals surface area contributed by atoms with Gasteiger partial charge in [0.15, 0.2) is 0 Å². The smallest absolute Gasteiger partial charge is 0.125 e. The Labute approximate surface area is 88.4 Å². The monoisotopic (exact) mass is 210 g/mol. The van der Waals surface area contributed by atoms with Crippen LogP contribution < -0.4 is 11.1 Å². The van der Waals surface area contributed by atoms with E-state index >= 15 is 0 Å². The normalized spacial score (nSPS) is 24.7. The molecule has 0 unspecified atom stereocenters. The molecule has 0 spiro atoms. The van der Waals surface area contributed by atoms with E-state index in [1.54, 1.807) is 13.2 Å². The third kappa shape index (κ3) is 2.21.